The second kappa shape index (κ2) is 5.19. The van der Waals surface area contributed by atoms with Gasteiger partial charge >= 0.3 is 0 Å². The number of anilines is 1. The molecule has 1 aliphatic carbocycles. The first-order valence-corrected chi connectivity index (χ1v) is 6.48. The molecule has 94 valence electrons. The molecule has 1 saturated carbocycles. The summed E-state index contributed by atoms with van der Waals surface area (Å²) < 4.78 is 0. The van der Waals surface area contributed by atoms with E-state index in [1.54, 1.807) is 6.07 Å². The molecule has 0 atom stereocenters. The topological polar surface area (TPSA) is 58.0 Å². The van der Waals surface area contributed by atoms with Gasteiger partial charge in [0.1, 0.15) is 16.8 Å². The summed E-state index contributed by atoms with van der Waals surface area (Å²) in [7, 11) is 0. The lowest BCUT2D eigenvalue weighted by Gasteiger charge is -2.41. The Labute approximate surface area is 106 Å². The van der Waals surface area contributed by atoms with E-state index in [4.69, 9.17) is 11.6 Å². The molecule has 0 unspecified atom stereocenters. The summed E-state index contributed by atoms with van der Waals surface area (Å²) in [6, 6.07) is 1.72. The Morgan fingerprint density at radius 2 is 2.24 bits per heavy atom. The number of nitrogens with one attached hydrogen (secondary N) is 1. The third-order valence-corrected chi connectivity index (χ3v) is 3.41. The summed E-state index contributed by atoms with van der Waals surface area (Å²) in [5.41, 5.74) is -0.193. The molecule has 4 nitrogen and oxygen atoms in total. The standard InChI is InChI=1S/C12H18ClN3O/c1-2-4-10-14-9(13)7-11(15-10)16-12(8-17)5-3-6-12/h7,17H,2-6,8H2,1H3,(H,14,15,16). The van der Waals surface area contributed by atoms with Crippen LogP contribution in [0.2, 0.25) is 5.15 Å². The van der Waals surface area contributed by atoms with Crippen LogP contribution in [-0.2, 0) is 6.42 Å². The van der Waals surface area contributed by atoms with Crippen molar-refractivity contribution < 1.29 is 5.11 Å². The van der Waals surface area contributed by atoms with Gasteiger partial charge in [0, 0.05) is 12.5 Å². The van der Waals surface area contributed by atoms with Crippen LogP contribution in [0, 0.1) is 0 Å². The van der Waals surface area contributed by atoms with Gasteiger partial charge in [-0.05, 0) is 25.7 Å². The maximum atomic E-state index is 9.40. The Morgan fingerprint density at radius 1 is 1.47 bits per heavy atom. The van der Waals surface area contributed by atoms with Crippen molar-refractivity contribution >= 4 is 17.4 Å². The molecule has 1 fully saturated rings. The Morgan fingerprint density at radius 3 is 2.76 bits per heavy atom. The summed E-state index contributed by atoms with van der Waals surface area (Å²) in [6.07, 6.45) is 4.92. The van der Waals surface area contributed by atoms with Gasteiger partial charge in [0.15, 0.2) is 0 Å². The van der Waals surface area contributed by atoms with Gasteiger partial charge in [-0.15, -0.1) is 0 Å². The van der Waals surface area contributed by atoms with E-state index in [1.807, 2.05) is 0 Å². The van der Waals surface area contributed by atoms with Crippen molar-refractivity contribution in [3.05, 3.63) is 17.0 Å². The van der Waals surface area contributed by atoms with Crippen LogP contribution in [0.15, 0.2) is 6.07 Å². The summed E-state index contributed by atoms with van der Waals surface area (Å²) >= 11 is 5.97. The fraction of sp³-hybridized carbons (Fsp3) is 0.667. The summed E-state index contributed by atoms with van der Waals surface area (Å²) in [5.74, 6) is 1.48. The summed E-state index contributed by atoms with van der Waals surface area (Å²) in [6.45, 7) is 2.22. The number of nitrogens with zero attached hydrogens (tertiary/aromatic N) is 2. The average molecular weight is 256 g/mol. The second-order valence-electron chi connectivity index (χ2n) is 4.66. The van der Waals surface area contributed by atoms with Crippen molar-refractivity contribution in [3.63, 3.8) is 0 Å². The zero-order valence-electron chi connectivity index (χ0n) is 10.0. The predicted molar refractivity (Wildman–Crippen MR) is 68.3 cm³/mol. The number of aliphatic hydroxyl groups excluding tert-OH is 1. The Bertz CT molecular complexity index is 388. The number of aliphatic hydroxyl groups is 1. The van der Waals surface area contributed by atoms with E-state index in [9.17, 15) is 5.11 Å². The molecule has 2 N–H and O–H groups in total. The van der Waals surface area contributed by atoms with Gasteiger partial charge < -0.3 is 10.4 Å². The molecule has 0 aliphatic heterocycles. The minimum atomic E-state index is -0.193. The van der Waals surface area contributed by atoms with Crippen LogP contribution in [0.5, 0.6) is 0 Å². The lowest BCUT2D eigenvalue weighted by Crippen LogP contribution is -2.48. The fourth-order valence-corrected chi connectivity index (χ4v) is 2.26. The molecular formula is C12H18ClN3O. The molecule has 1 aromatic rings. The van der Waals surface area contributed by atoms with Crippen molar-refractivity contribution in [2.24, 2.45) is 0 Å². The molecule has 5 heteroatoms. The minimum Gasteiger partial charge on any atom is -0.394 e. The van der Waals surface area contributed by atoms with E-state index in [0.717, 1.165) is 43.7 Å². The number of aryl methyl sites for hydroxylation is 1. The molecule has 1 heterocycles. The van der Waals surface area contributed by atoms with Crippen LogP contribution in [0.1, 0.15) is 38.4 Å². The molecule has 0 radical (unpaired) electrons. The summed E-state index contributed by atoms with van der Waals surface area (Å²) in [5, 5.41) is 13.2. The van der Waals surface area contributed by atoms with Crippen molar-refractivity contribution in [3.8, 4) is 0 Å². The Hall–Kier alpha value is -0.870. The van der Waals surface area contributed by atoms with Gasteiger partial charge in [-0.2, -0.15) is 0 Å². The maximum absolute atomic E-state index is 9.40. The first-order chi connectivity index (χ1) is 8.17. The lowest BCUT2D eigenvalue weighted by atomic mass is 9.77. The van der Waals surface area contributed by atoms with Crippen molar-refractivity contribution in [2.75, 3.05) is 11.9 Å². The molecule has 2 rings (SSSR count). The quantitative estimate of drug-likeness (QED) is 0.794. The smallest absolute Gasteiger partial charge is 0.134 e. The van der Waals surface area contributed by atoms with E-state index in [-0.39, 0.29) is 12.1 Å². The van der Waals surface area contributed by atoms with Crippen LogP contribution < -0.4 is 5.32 Å². The van der Waals surface area contributed by atoms with E-state index in [2.05, 4.69) is 22.2 Å². The molecule has 0 saturated heterocycles. The van der Waals surface area contributed by atoms with Crippen LogP contribution in [0.4, 0.5) is 5.82 Å². The zero-order valence-corrected chi connectivity index (χ0v) is 10.8. The highest BCUT2D eigenvalue weighted by atomic mass is 35.5. The van der Waals surface area contributed by atoms with E-state index in [0.29, 0.717) is 5.15 Å². The molecule has 0 amide bonds. The lowest BCUT2D eigenvalue weighted by molar-refractivity contribution is 0.144. The highest BCUT2D eigenvalue weighted by Crippen LogP contribution is 2.34. The van der Waals surface area contributed by atoms with Crippen LogP contribution >= 0.6 is 11.6 Å². The van der Waals surface area contributed by atoms with Gasteiger partial charge in [0.05, 0.1) is 12.1 Å². The SMILES string of the molecule is CCCc1nc(Cl)cc(NC2(CO)CCC2)n1. The van der Waals surface area contributed by atoms with Crippen molar-refractivity contribution in [2.45, 2.75) is 44.6 Å². The van der Waals surface area contributed by atoms with Crippen LogP contribution in [0.25, 0.3) is 0 Å². The normalized spacial score (nSPS) is 17.6. The first-order valence-electron chi connectivity index (χ1n) is 6.10. The number of rotatable bonds is 5. The number of halogens is 1. The second-order valence-corrected chi connectivity index (χ2v) is 5.05. The highest BCUT2D eigenvalue weighted by molar-refractivity contribution is 6.29. The van der Waals surface area contributed by atoms with Crippen LogP contribution in [0.3, 0.4) is 0 Å². The number of aromatic nitrogens is 2. The maximum Gasteiger partial charge on any atom is 0.134 e. The third kappa shape index (κ3) is 2.87. The molecule has 0 bridgehead atoms. The zero-order chi connectivity index (χ0) is 12.3. The minimum absolute atomic E-state index is 0.137. The molecule has 1 aliphatic rings. The van der Waals surface area contributed by atoms with Gasteiger partial charge in [-0.1, -0.05) is 18.5 Å². The molecule has 0 spiro atoms. The van der Waals surface area contributed by atoms with Gasteiger partial charge in [0.2, 0.25) is 0 Å². The average Bonchev–Trinajstić information content (AvgIpc) is 2.23. The first kappa shape index (κ1) is 12.6. The summed E-state index contributed by atoms with van der Waals surface area (Å²) in [4.78, 5) is 8.60. The number of hydrogen-bond acceptors (Lipinski definition) is 4. The largest absolute Gasteiger partial charge is 0.394 e. The molecular weight excluding hydrogens is 238 g/mol. The van der Waals surface area contributed by atoms with Crippen molar-refractivity contribution in [1.82, 2.24) is 9.97 Å². The van der Waals surface area contributed by atoms with E-state index >= 15 is 0 Å². The molecule has 0 aromatic carbocycles. The number of hydrogen-bond donors (Lipinski definition) is 2. The van der Waals surface area contributed by atoms with E-state index < -0.39 is 0 Å². The molecule has 17 heavy (non-hydrogen) atoms. The fourth-order valence-electron chi connectivity index (χ4n) is 2.06. The molecule has 1 aromatic heterocycles. The van der Waals surface area contributed by atoms with Gasteiger partial charge in [-0.3, -0.25) is 0 Å². The predicted octanol–water partition coefficient (Wildman–Crippen LogP) is 2.41. The van der Waals surface area contributed by atoms with Gasteiger partial charge in [-0.25, -0.2) is 9.97 Å². The highest BCUT2D eigenvalue weighted by Gasteiger charge is 2.36. The van der Waals surface area contributed by atoms with Crippen LogP contribution in [-0.4, -0.2) is 27.2 Å². The monoisotopic (exact) mass is 255 g/mol. The Kier molecular flexibility index (Phi) is 3.84. The van der Waals surface area contributed by atoms with Crippen molar-refractivity contribution in [1.29, 1.82) is 0 Å². The van der Waals surface area contributed by atoms with Gasteiger partial charge in [0.25, 0.3) is 0 Å². The van der Waals surface area contributed by atoms with E-state index in [1.165, 1.54) is 0 Å². The third-order valence-electron chi connectivity index (χ3n) is 3.22. The Balaban J connectivity index is 2.14.